The second kappa shape index (κ2) is 14.4. The Labute approximate surface area is 281 Å². The number of carbonyl (C=O) groups excluding carboxylic acids is 1. The van der Waals surface area contributed by atoms with Crippen molar-refractivity contribution in [1.82, 2.24) is 14.5 Å². The number of para-hydroxylation sites is 2. The number of hydrogen-bond donors (Lipinski definition) is 1. The van der Waals surface area contributed by atoms with E-state index < -0.39 is 17.7 Å². The molecule has 2 aliphatic rings. The van der Waals surface area contributed by atoms with Crippen molar-refractivity contribution in [3.8, 4) is 0 Å². The summed E-state index contributed by atoms with van der Waals surface area (Å²) in [6, 6.07) is 23.0. The van der Waals surface area contributed by atoms with Gasteiger partial charge in [0.1, 0.15) is 11.9 Å². The zero-order valence-corrected chi connectivity index (χ0v) is 28.5. The van der Waals surface area contributed by atoms with Crippen LogP contribution in [0.3, 0.4) is 0 Å². The number of thiophene rings is 1. The molecule has 2 aromatic heterocycles. The minimum absolute atomic E-state index is 0.168. The Kier molecular flexibility index (Phi) is 10.1. The van der Waals surface area contributed by atoms with Gasteiger partial charge in [-0.25, -0.2) is 4.98 Å². The molecule has 0 spiro atoms. The smallest absolute Gasteiger partial charge is 0.248 e. The lowest BCUT2D eigenvalue weighted by molar-refractivity contribution is -0.192. The highest BCUT2D eigenvalue weighted by Crippen LogP contribution is 2.44. The number of anilines is 1. The first-order valence-corrected chi connectivity index (χ1v) is 17.2. The van der Waals surface area contributed by atoms with Crippen LogP contribution in [0.25, 0.3) is 11.0 Å². The molecule has 0 bridgehead atoms. The molecule has 1 amide bonds. The number of carbonyl (C=O) groups is 1. The maximum absolute atomic E-state index is 13.0. The van der Waals surface area contributed by atoms with Crippen LogP contribution < -0.4 is 10.6 Å². The van der Waals surface area contributed by atoms with Crippen LogP contribution in [-0.2, 0) is 25.5 Å². The summed E-state index contributed by atoms with van der Waals surface area (Å²) in [6.07, 6.45) is 3.51. The molecule has 1 saturated heterocycles. The number of fused-ring (bicyclic) bond motifs is 1. The summed E-state index contributed by atoms with van der Waals surface area (Å²) in [6.45, 7) is 5.87. The molecule has 3 atom stereocenters. The predicted molar refractivity (Wildman–Crippen MR) is 187 cm³/mol. The molecule has 0 saturated carbocycles. The lowest BCUT2D eigenvalue weighted by atomic mass is 9.78. The molecule has 9 nitrogen and oxygen atoms in total. The van der Waals surface area contributed by atoms with E-state index in [1.165, 1.54) is 10.4 Å². The second-order valence-corrected chi connectivity index (χ2v) is 13.2. The van der Waals surface area contributed by atoms with Gasteiger partial charge in [-0.2, -0.15) is 0 Å². The molecule has 3 unspecified atom stereocenters. The molecule has 0 radical (unpaired) electrons. The van der Waals surface area contributed by atoms with Crippen molar-refractivity contribution in [2.45, 2.75) is 50.5 Å². The number of imidazole rings is 1. The highest BCUT2D eigenvalue weighted by Gasteiger charge is 2.54. The Hall–Kier alpha value is -3.96. The number of ether oxygens (including phenoxy) is 3. The van der Waals surface area contributed by atoms with Crippen LogP contribution in [0.5, 0.6) is 0 Å². The fourth-order valence-corrected chi connectivity index (χ4v) is 8.10. The molecule has 4 aromatic rings. The number of primary amides is 1. The van der Waals surface area contributed by atoms with Crippen molar-refractivity contribution in [3.05, 3.63) is 106 Å². The largest absolute Gasteiger partial charge is 0.496 e. The summed E-state index contributed by atoms with van der Waals surface area (Å²) < 4.78 is 21.2. The maximum Gasteiger partial charge on any atom is 0.248 e. The Bertz CT molecular complexity index is 1730. The minimum atomic E-state index is -1.10. The minimum Gasteiger partial charge on any atom is -0.496 e. The van der Waals surface area contributed by atoms with Gasteiger partial charge in [0.25, 0.3) is 0 Å². The van der Waals surface area contributed by atoms with Crippen LogP contribution >= 0.6 is 11.3 Å². The molecule has 10 heteroatoms. The van der Waals surface area contributed by atoms with Crippen LogP contribution in [0.2, 0.25) is 0 Å². The van der Waals surface area contributed by atoms with Gasteiger partial charge in [-0.3, -0.25) is 9.69 Å². The maximum atomic E-state index is 13.0. The van der Waals surface area contributed by atoms with Crippen molar-refractivity contribution < 1.29 is 19.0 Å². The van der Waals surface area contributed by atoms with Crippen molar-refractivity contribution in [3.63, 3.8) is 0 Å². The van der Waals surface area contributed by atoms with Crippen molar-refractivity contribution in [1.29, 1.82) is 0 Å². The number of aromatic nitrogens is 2. The topological polar surface area (TPSA) is 95.1 Å². The molecule has 1 aliphatic carbocycles. The van der Waals surface area contributed by atoms with Crippen LogP contribution in [0.15, 0.2) is 95.1 Å². The van der Waals surface area contributed by atoms with Gasteiger partial charge in [0.15, 0.2) is 0 Å². The highest BCUT2D eigenvalue weighted by atomic mass is 32.1. The van der Waals surface area contributed by atoms with Gasteiger partial charge in [0, 0.05) is 50.8 Å². The van der Waals surface area contributed by atoms with E-state index in [4.69, 9.17) is 24.9 Å². The molecule has 47 heavy (non-hydrogen) atoms. The fourth-order valence-electron chi connectivity index (χ4n) is 7.40. The van der Waals surface area contributed by atoms with Gasteiger partial charge in [-0.05, 0) is 66.0 Å². The quantitative estimate of drug-likeness (QED) is 0.202. The third-order valence-electron chi connectivity index (χ3n) is 9.69. The number of hydrogen-bond acceptors (Lipinski definition) is 8. The molecule has 2 N–H and O–H groups in total. The lowest BCUT2D eigenvalue weighted by Gasteiger charge is -2.49. The average Bonchev–Trinajstić information content (AvgIpc) is 3.67. The number of amides is 1. The van der Waals surface area contributed by atoms with Crippen molar-refractivity contribution >= 4 is 34.2 Å². The number of nitrogens with zero attached hydrogens (tertiary/aromatic N) is 4. The van der Waals surface area contributed by atoms with Crippen LogP contribution in [0.4, 0.5) is 5.95 Å². The zero-order valence-electron chi connectivity index (χ0n) is 27.7. The number of nitrogens with two attached hydrogens (primary N) is 1. The van der Waals surface area contributed by atoms with E-state index in [9.17, 15) is 4.79 Å². The summed E-state index contributed by atoms with van der Waals surface area (Å²) in [4.78, 5) is 24.1. The third-order valence-corrected chi connectivity index (χ3v) is 10.5. The zero-order chi connectivity index (χ0) is 33.0. The Balaban J connectivity index is 1.35. The van der Waals surface area contributed by atoms with Gasteiger partial charge >= 0.3 is 0 Å². The standard InChI is InChI=1S/C37H45N5O4S/c1-5-26(27-13-7-6-8-14-27)23-29-30(35(38)43)24-33(44-2)37(46-4,34(29)45-3)41-19-12-18-40(20-21-41)36-39-31-16-9-10-17-32(31)42(36)25-28-15-11-22-47-28/h6-11,13-17,22,24,26,34H,5,12,18-21,23,25H2,1-4H3,(H2,38,43). The third kappa shape index (κ3) is 6.23. The molecule has 3 heterocycles. The van der Waals surface area contributed by atoms with Gasteiger partial charge in [0.05, 0.1) is 24.7 Å². The molecule has 6 rings (SSSR count). The fraction of sp³-hybridized carbons (Fsp3) is 0.405. The number of benzene rings is 2. The average molecular weight is 656 g/mol. The summed E-state index contributed by atoms with van der Waals surface area (Å²) in [5.74, 6) is 1.14. The molecule has 248 valence electrons. The van der Waals surface area contributed by atoms with E-state index in [0.717, 1.165) is 61.6 Å². The first kappa shape index (κ1) is 33.0. The van der Waals surface area contributed by atoms with E-state index in [1.807, 2.05) is 12.1 Å². The second-order valence-electron chi connectivity index (χ2n) is 12.1. The number of rotatable bonds is 12. The Morgan fingerprint density at radius 2 is 1.81 bits per heavy atom. The molecule has 1 fully saturated rings. The van der Waals surface area contributed by atoms with Crippen molar-refractivity contribution in [2.75, 3.05) is 52.4 Å². The van der Waals surface area contributed by atoms with Crippen LogP contribution in [-0.4, -0.2) is 79.7 Å². The predicted octanol–water partition coefficient (Wildman–Crippen LogP) is 5.93. The van der Waals surface area contributed by atoms with Crippen LogP contribution in [0.1, 0.15) is 42.5 Å². The summed E-state index contributed by atoms with van der Waals surface area (Å²) in [5.41, 5.74) is 9.52. The van der Waals surface area contributed by atoms with E-state index in [-0.39, 0.29) is 5.92 Å². The first-order valence-electron chi connectivity index (χ1n) is 16.3. The summed E-state index contributed by atoms with van der Waals surface area (Å²) in [5, 5.41) is 2.12. The Morgan fingerprint density at radius 1 is 1.02 bits per heavy atom. The normalized spacial score (nSPS) is 21.5. The van der Waals surface area contributed by atoms with Crippen molar-refractivity contribution in [2.24, 2.45) is 5.73 Å². The summed E-state index contributed by atoms with van der Waals surface area (Å²) in [7, 11) is 4.99. The van der Waals surface area contributed by atoms with Gasteiger partial charge in [-0.15, -0.1) is 11.3 Å². The van der Waals surface area contributed by atoms with E-state index >= 15 is 0 Å². The van der Waals surface area contributed by atoms with Gasteiger partial charge < -0.3 is 29.4 Å². The van der Waals surface area contributed by atoms with Gasteiger partial charge in [-0.1, -0.05) is 55.5 Å². The SMILES string of the molecule is CCC(CC1=C(C(N)=O)C=C(OC)C(OC)(N2CCCN(c3nc4ccccc4n3Cc3cccs3)CC2)C1OC)c1ccccc1. The summed E-state index contributed by atoms with van der Waals surface area (Å²) >= 11 is 1.76. The highest BCUT2D eigenvalue weighted by molar-refractivity contribution is 7.09. The first-order chi connectivity index (χ1) is 22.9. The Morgan fingerprint density at radius 3 is 2.49 bits per heavy atom. The molecular weight excluding hydrogens is 611 g/mol. The van der Waals surface area contributed by atoms with Crippen LogP contribution in [0, 0.1) is 0 Å². The monoisotopic (exact) mass is 655 g/mol. The lowest BCUT2D eigenvalue weighted by Crippen LogP contribution is -2.63. The molecular formula is C37H45N5O4S. The van der Waals surface area contributed by atoms with Gasteiger partial charge in [0.2, 0.25) is 17.6 Å². The number of methoxy groups -OCH3 is 3. The van der Waals surface area contributed by atoms with E-state index in [1.54, 1.807) is 38.7 Å². The van der Waals surface area contributed by atoms with E-state index in [0.29, 0.717) is 24.3 Å². The molecule has 2 aromatic carbocycles. The van der Waals surface area contributed by atoms with E-state index in [2.05, 4.69) is 81.3 Å². The molecule has 1 aliphatic heterocycles.